The van der Waals surface area contributed by atoms with E-state index < -0.39 is 0 Å². The van der Waals surface area contributed by atoms with Crippen LogP contribution in [0.15, 0.2) is 20.0 Å². The first-order valence-electron chi connectivity index (χ1n) is 8.30. The summed E-state index contributed by atoms with van der Waals surface area (Å²) in [5.74, 6) is 2.65. The van der Waals surface area contributed by atoms with E-state index in [4.69, 9.17) is 5.73 Å². The van der Waals surface area contributed by atoms with Crippen molar-refractivity contribution in [3.63, 3.8) is 0 Å². The summed E-state index contributed by atoms with van der Waals surface area (Å²) < 4.78 is 0. The first-order chi connectivity index (χ1) is 11.6. The molecule has 0 amide bonds. The third kappa shape index (κ3) is 4.49. The minimum Gasteiger partial charge on any atom is -0.369 e. The molecule has 0 aromatic carbocycles. The van der Waals surface area contributed by atoms with Gasteiger partial charge >= 0.3 is 0 Å². The highest BCUT2D eigenvalue weighted by Gasteiger charge is 2.19. The number of rotatable bonds is 5. The Morgan fingerprint density at radius 3 is 2.29 bits per heavy atom. The normalized spacial score (nSPS) is 23.4. The van der Waals surface area contributed by atoms with Gasteiger partial charge in [-0.3, -0.25) is 10.2 Å². The van der Waals surface area contributed by atoms with Gasteiger partial charge in [0.2, 0.25) is 5.96 Å². The molecule has 10 heteroatoms. The third-order valence-electron chi connectivity index (χ3n) is 3.67. The maximum Gasteiger partial charge on any atom is 0.202 e. The average Bonchev–Trinajstić information content (AvgIpc) is 2.61. The Morgan fingerprint density at radius 2 is 1.62 bits per heavy atom. The molecule has 0 bridgehead atoms. The van der Waals surface area contributed by atoms with Gasteiger partial charge in [-0.05, 0) is 12.8 Å². The molecular formula is C14H28N10. The molecule has 2 heterocycles. The number of nitrogens with two attached hydrogens (primary N) is 1. The van der Waals surface area contributed by atoms with Crippen molar-refractivity contribution >= 4 is 23.8 Å². The van der Waals surface area contributed by atoms with E-state index in [0.717, 1.165) is 30.7 Å². The lowest BCUT2D eigenvalue weighted by Crippen LogP contribution is -2.52. The Labute approximate surface area is 142 Å². The predicted octanol–water partition coefficient (Wildman–Crippen LogP) is -1.21. The topological polar surface area (TPSA) is 127 Å². The van der Waals surface area contributed by atoms with Gasteiger partial charge in [-0.2, -0.15) is 0 Å². The summed E-state index contributed by atoms with van der Waals surface area (Å²) in [7, 11) is 3.68. The Kier molecular flexibility index (Phi) is 6.21. The van der Waals surface area contributed by atoms with Gasteiger partial charge in [0.1, 0.15) is 12.3 Å². The lowest BCUT2D eigenvalue weighted by Gasteiger charge is -2.27. The van der Waals surface area contributed by atoms with Gasteiger partial charge in [-0.1, -0.05) is 13.8 Å². The molecule has 0 spiro atoms. The molecule has 0 saturated carbocycles. The molecule has 0 saturated heterocycles. The van der Waals surface area contributed by atoms with E-state index in [1.54, 1.807) is 4.90 Å². The quantitative estimate of drug-likeness (QED) is 0.401. The van der Waals surface area contributed by atoms with Crippen LogP contribution in [0.2, 0.25) is 0 Å². The van der Waals surface area contributed by atoms with Crippen LogP contribution < -0.4 is 27.0 Å². The van der Waals surface area contributed by atoms with E-state index in [-0.39, 0.29) is 12.3 Å². The van der Waals surface area contributed by atoms with E-state index in [9.17, 15) is 0 Å². The van der Waals surface area contributed by atoms with Crippen molar-refractivity contribution in [3.05, 3.63) is 0 Å². The molecule has 2 atom stereocenters. The smallest absolute Gasteiger partial charge is 0.202 e. The van der Waals surface area contributed by atoms with Crippen LogP contribution in [0.5, 0.6) is 0 Å². The van der Waals surface area contributed by atoms with Gasteiger partial charge in [-0.25, -0.2) is 20.0 Å². The van der Waals surface area contributed by atoms with E-state index in [0.29, 0.717) is 19.0 Å². The molecule has 10 nitrogen and oxygen atoms in total. The van der Waals surface area contributed by atoms with Crippen molar-refractivity contribution in [1.82, 2.24) is 26.2 Å². The van der Waals surface area contributed by atoms with Crippen LogP contribution in [0.3, 0.4) is 0 Å². The summed E-state index contributed by atoms with van der Waals surface area (Å²) in [6, 6.07) is 0. The van der Waals surface area contributed by atoms with Crippen molar-refractivity contribution in [2.45, 2.75) is 39.0 Å². The maximum atomic E-state index is 5.91. The highest BCUT2D eigenvalue weighted by Crippen LogP contribution is 2.06. The summed E-state index contributed by atoms with van der Waals surface area (Å²) >= 11 is 0. The summed E-state index contributed by atoms with van der Waals surface area (Å²) in [6.07, 6.45) is 1.51. The summed E-state index contributed by atoms with van der Waals surface area (Å²) in [6.45, 7) is 5.45. The van der Waals surface area contributed by atoms with E-state index in [1.165, 1.54) is 0 Å². The predicted molar refractivity (Wildman–Crippen MR) is 98.0 cm³/mol. The first-order valence-corrected chi connectivity index (χ1v) is 8.30. The summed E-state index contributed by atoms with van der Waals surface area (Å²) in [5, 5.41) is 12.7. The minimum absolute atomic E-state index is 0.0562. The molecule has 0 radical (unpaired) electrons. The molecule has 24 heavy (non-hydrogen) atoms. The summed E-state index contributed by atoms with van der Waals surface area (Å²) in [4.78, 5) is 19.5. The van der Waals surface area contributed by atoms with Gasteiger partial charge in [-0.15, -0.1) is 0 Å². The van der Waals surface area contributed by atoms with Crippen molar-refractivity contribution in [1.29, 1.82) is 0 Å². The molecule has 0 aromatic rings. The number of hydrogen-bond donors (Lipinski definition) is 5. The zero-order chi connectivity index (χ0) is 17.5. The lowest BCUT2D eigenvalue weighted by atomic mass is 10.4. The highest BCUT2D eigenvalue weighted by atomic mass is 15.4. The fourth-order valence-electron chi connectivity index (χ4n) is 2.21. The zero-order valence-corrected chi connectivity index (χ0v) is 14.8. The molecule has 0 aromatic heterocycles. The van der Waals surface area contributed by atoms with E-state index in [2.05, 4.69) is 48.2 Å². The SMILES string of the molecule is CCC1N=C(NC)NC(NCCNC2=NC(CC)N=C(N)N2C)=N1. The molecule has 6 N–H and O–H groups in total. The van der Waals surface area contributed by atoms with E-state index >= 15 is 0 Å². The number of guanidine groups is 4. The third-order valence-corrected chi connectivity index (χ3v) is 3.67. The highest BCUT2D eigenvalue weighted by molar-refractivity contribution is 6.00. The second kappa shape index (κ2) is 8.37. The average molecular weight is 336 g/mol. The molecule has 2 unspecified atom stereocenters. The van der Waals surface area contributed by atoms with E-state index in [1.807, 2.05) is 21.0 Å². The molecule has 2 aliphatic rings. The molecular weight excluding hydrogens is 308 g/mol. The fraction of sp³-hybridized carbons (Fsp3) is 0.714. The van der Waals surface area contributed by atoms with Crippen LogP contribution in [0.25, 0.3) is 0 Å². The Bertz CT molecular complexity index is 550. The largest absolute Gasteiger partial charge is 0.369 e. The Balaban J connectivity index is 1.81. The van der Waals surface area contributed by atoms with Crippen LogP contribution in [-0.4, -0.2) is 68.3 Å². The van der Waals surface area contributed by atoms with Gasteiger partial charge in [0.05, 0.1) is 0 Å². The van der Waals surface area contributed by atoms with Crippen LogP contribution in [0.1, 0.15) is 26.7 Å². The zero-order valence-electron chi connectivity index (χ0n) is 14.8. The number of aliphatic imine (C=N–C) groups is 4. The number of nitrogens with one attached hydrogen (secondary N) is 4. The Hall–Kier alpha value is -2.52. The van der Waals surface area contributed by atoms with Crippen LogP contribution in [0, 0.1) is 0 Å². The molecule has 134 valence electrons. The van der Waals surface area contributed by atoms with Crippen molar-refractivity contribution in [2.75, 3.05) is 27.2 Å². The van der Waals surface area contributed by atoms with Crippen LogP contribution >= 0.6 is 0 Å². The standard InChI is InChI=1S/C14H28N10/c1-5-9-19-11(15)24(4)14(22-9)18-8-7-17-13-21-10(6-2)20-12(16-3)23-13/h9-10H,5-8H2,1-4H3,(H2,15,19)(H,18,22)(H3,16,17,20,21,23). The number of nitrogens with zero attached hydrogens (tertiary/aromatic N) is 5. The van der Waals surface area contributed by atoms with Crippen molar-refractivity contribution in [2.24, 2.45) is 25.7 Å². The maximum absolute atomic E-state index is 5.91. The second-order valence-corrected chi connectivity index (χ2v) is 5.46. The molecule has 2 rings (SSSR count). The molecule has 2 aliphatic heterocycles. The molecule has 0 aliphatic carbocycles. The van der Waals surface area contributed by atoms with Crippen LogP contribution in [-0.2, 0) is 0 Å². The molecule has 0 fully saturated rings. The van der Waals surface area contributed by atoms with Gasteiger partial charge in [0.15, 0.2) is 17.9 Å². The van der Waals surface area contributed by atoms with Gasteiger partial charge in [0, 0.05) is 27.2 Å². The fourth-order valence-corrected chi connectivity index (χ4v) is 2.21. The monoisotopic (exact) mass is 336 g/mol. The van der Waals surface area contributed by atoms with Crippen molar-refractivity contribution < 1.29 is 0 Å². The van der Waals surface area contributed by atoms with Crippen molar-refractivity contribution in [3.8, 4) is 0 Å². The first kappa shape index (κ1) is 17.8. The minimum atomic E-state index is -0.110. The van der Waals surface area contributed by atoms with Gasteiger partial charge in [0.25, 0.3) is 0 Å². The Morgan fingerprint density at radius 1 is 1.00 bits per heavy atom. The van der Waals surface area contributed by atoms with Gasteiger partial charge < -0.3 is 21.7 Å². The van der Waals surface area contributed by atoms with Crippen LogP contribution in [0.4, 0.5) is 0 Å². The second-order valence-electron chi connectivity index (χ2n) is 5.46. The lowest BCUT2D eigenvalue weighted by molar-refractivity contribution is 0.577. The summed E-state index contributed by atoms with van der Waals surface area (Å²) in [5.41, 5.74) is 5.91. The number of hydrogen-bond acceptors (Lipinski definition) is 10.